The van der Waals surface area contributed by atoms with E-state index in [9.17, 15) is 13.2 Å². The zero-order valence-electron chi connectivity index (χ0n) is 12.2. The molecular weight excluding hydrogens is 340 g/mol. The Morgan fingerprint density at radius 2 is 1.87 bits per heavy atom. The molecule has 1 aliphatic rings. The smallest absolute Gasteiger partial charge is 0.320 e. The van der Waals surface area contributed by atoms with Crippen LogP contribution in [0.2, 0.25) is 5.02 Å². The van der Waals surface area contributed by atoms with E-state index in [0.717, 1.165) is 0 Å². The van der Waals surface area contributed by atoms with Crippen LogP contribution < -0.4 is 8.92 Å². The molecule has 3 rings (SSSR count). The molecule has 0 fully saturated rings. The van der Waals surface area contributed by atoms with Crippen molar-refractivity contribution in [2.45, 2.75) is 11.7 Å². The number of carbonyl (C=O) groups is 1. The van der Waals surface area contributed by atoms with Gasteiger partial charge in [-0.1, -0.05) is 29.8 Å². The predicted molar refractivity (Wildman–Crippen MR) is 85.8 cm³/mol. The Bertz CT molecular complexity index is 859. The van der Waals surface area contributed by atoms with E-state index in [0.29, 0.717) is 10.6 Å². The molecule has 0 N–H and O–H groups in total. The van der Waals surface area contributed by atoms with Gasteiger partial charge in [-0.25, -0.2) is 0 Å². The van der Waals surface area contributed by atoms with Crippen LogP contribution in [0.5, 0.6) is 11.5 Å². The number of rotatable bonds is 3. The van der Waals surface area contributed by atoms with Crippen LogP contribution in [0.3, 0.4) is 0 Å². The first-order valence-corrected chi connectivity index (χ1v) is 8.66. The molecule has 1 aliphatic heterocycles. The molecule has 1 unspecified atom stereocenters. The molecule has 0 bridgehead atoms. The van der Waals surface area contributed by atoms with Crippen molar-refractivity contribution in [1.82, 2.24) is 0 Å². The third kappa shape index (κ3) is 2.92. The first-order valence-electron chi connectivity index (χ1n) is 6.81. The Kier molecular flexibility index (Phi) is 4.04. The lowest BCUT2D eigenvalue weighted by molar-refractivity contribution is 0.0975. The second-order valence-electron chi connectivity index (χ2n) is 5.10. The van der Waals surface area contributed by atoms with E-state index in [1.165, 1.54) is 13.2 Å². The van der Waals surface area contributed by atoms with Crippen molar-refractivity contribution >= 4 is 27.5 Å². The van der Waals surface area contributed by atoms with E-state index in [1.807, 2.05) is 0 Å². The van der Waals surface area contributed by atoms with Crippen molar-refractivity contribution < 1.29 is 22.1 Å². The van der Waals surface area contributed by atoms with Gasteiger partial charge in [0.1, 0.15) is 0 Å². The average Bonchev–Trinajstić information content (AvgIpc) is 2.52. The molecule has 0 saturated carbocycles. The summed E-state index contributed by atoms with van der Waals surface area (Å²) in [5.41, 5.74) is 0.893. The quantitative estimate of drug-likeness (QED) is 0.794. The van der Waals surface area contributed by atoms with Gasteiger partial charge in [-0.05, 0) is 29.8 Å². The molecule has 2 aromatic carbocycles. The summed E-state index contributed by atoms with van der Waals surface area (Å²) in [6, 6.07) is 11.4. The van der Waals surface area contributed by atoms with Crippen LogP contribution in [0.4, 0.5) is 0 Å². The van der Waals surface area contributed by atoms with Crippen LogP contribution in [0.15, 0.2) is 42.5 Å². The summed E-state index contributed by atoms with van der Waals surface area (Å²) < 4.78 is 34.9. The summed E-state index contributed by atoms with van der Waals surface area (Å²) >= 11 is 5.82. The first-order chi connectivity index (χ1) is 10.9. The highest BCUT2D eigenvalue weighted by Crippen LogP contribution is 2.38. The Hall–Kier alpha value is -2.05. The fourth-order valence-electron chi connectivity index (χ4n) is 2.46. The van der Waals surface area contributed by atoms with Gasteiger partial charge in [-0.15, -0.1) is 0 Å². The molecule has 2 aromatic rings. The summed E-state index contributed by atoms with van der Waals surface area (Å²) in [6.07, 6.45) is 0.0228. The van der Waals surface area contributed by atoms with Crippen LogP contribution >= 0.6 is 11.6 Å². The highest BCUT2D eigenvalue weighted by Gasteiger charge is 2.42. The standard InChI is InChI=1S/C16H13ClO5S/c1-21-13-4-2-3-12-15(18)14(23(19,20)22-16(12)13)9-10-5-7-11(17)8-6-10/h2-8,14H,9H2,1H3. The van der Waals surface area contributed by atoms with Gasteiger partial charge in [0.05, 0.1) is 12.7 Å². The molecule has 0 spiro atoms. The number of carbonyl (C=O) groups excluding carboxylic acids is 1. The summed E-state index contributed by atoms with van der Waals surface area (Å²) in [4.78, 5) is 12.6. The molecule has 1 atom stereocenters. The van der Waals surface area contributed by atoms with Crippen molar-refractivity contribution in [2.24, 2.45) is 0 Å². The monoisotopic (exact) mass is 352 g/mol. The number of fused-ring (bicyclic) bond motifs is 1. The largest absolute Gasteiger partial charge is 0.493 e. The van der Waals surface area contributed by atoms with E-state index in [2.05, 4.69) is 0 Å². The van der Waals surface area contributed by atoms with Crippen molar-refractivity contribution in [3.63, 3.8) is 0 Å². The maximum absolute atomic E-state index is 12.6. The zero-order chi connectivity index (χ0) is 16.6. The third-order valence-electron chi connectivity index (χ3n) is 3.64. The van der Waals surface area contributed by atoms with Gasteiger partial charge >= 0.3 is 10.1 Å². The molecule has 0 saturated heterocycles. The molecule has 120 valence electrons. The fourth-order valence-corrected chi connectivity index (χ4v) is 3.90. The molecule has 0 radical (unpaired) electrons. The minimum atomic E-state index is -4.09. The number of Topliss-reactive ketones (excluding diaryl/α,β-unsaturated/α-hetero) is 1. The summed E-state index contributed by atoms with van der Waals surface area (Å²) in [6.45, 7) is 0. The van der Waals surface area contributed by atoms with Crippen molar-refractivity contribution in [3.05, 3.63) is 58.6 Å². The molecule has 1 heterocycles. The third-order valence-corrected chi connectivity index (χ3v) is 5.37. The molecule has 0 aromatic heterocycles. The van der Waals surface area contributed by atoms with Gasteiger partial charge in [-0.3, -0.25) is 4.79 Å². The number of hydrogen-bond donors (Lipinski definition) is 0. The minimum Gasteiger partial charge on any atom is -0.493 e. The summed E-state index contributed by atoms with van der Waals surface area (Å²) in [5, 5.41) is -0.749. The normalized spacial score (nSPS) is 18.9. The number of ketones is 1. The van der Waals surface area contributed by atoms with Gasteiger partial charge < -0.3 is 8.92 Å². The number of hydrogen-bond acceptors (Lipinski definition) is 5. The van der Waals surface area contributed by atoms with E-state index in [1.54, 1.807) is 36.4 Å². The lowest BCUT2D eigenvalue weighted by Crippen LogP contribution is -2.39. The Morgan fingerprint density at radius 3 is 2.52 bits per heavy atom. The topological polar surface area (TPSA) is 69.7 Å². The lowest BCUT2D eigenvalue weighted by Gasteiger charge is -2.24. The van der Waals surface area contributed by atoms with Gasteiger partial charge in [0.25, 0.3) is 0 Å². The van der Waals surface area contributed by atoms with Gasteiger partial charge in [0, 0.05) is 11.4 Å². The summed E-state index contributed by atoms with van der Waals surface area (Å²) in [7, 11) is -2.70. The number of methoxy groups -OCH3 is 1. The molecule has 0 amide bonds. The number of para-hydroxylation sites is 1. The van der Waals surface area contributed by atoms with E-state index in [4.69, 9.17) is 20.5 Å². The first kappa shape index (κ1) is 15.8. The van der Waals surface area contributed by atoms with Crippen LogP contribution in [0.1, 0.15) is 15.9 Å². The Balaban J connectivity index is 2.01. The van der Waals surface area contributed by atoms with Crippen molar-refractivity contribution in [1.29, 1.82) is 0 Å². The predicted octanol–water partition coefficient (Wildman–Crippen LogP) is 2.86. The fraction of sp³-hybridized carbons (Fsp3) is 0.188. The molecule has 5 nitrogen and oxygen atoms in total. The van der Waals surface area contributed by atoms with Gasteiger partial charge in [-0.2, -0.15) is 8.42 Å². The lowest BCUT2D eigenvalue weighted by atomic mass is 10.0. The summed E-state index contributed by atoms with van der Waals surface area (Å²) in [5.74, 6) is -0.336. The maximum Gasteiger partial charge on any atom is 0.320 e. The van der Waals surface area contributed by atoms with Crippen LogP contribution in [0, 0.1) is 0 Å². The van der Waals surface area contributed by atoms with Crippen LogP contribution in [0.25, 0.3) is 0 Å². The van der Waals surface area contributed by atoms with E-state index in [-0.39, 0.29) is 23.5 Å². The zero-order valence-corrected chi connectivity index (χ0v) is 13.7. The highest BCUT2D eigenvalue weighted by molar-refractivity contribution is 7.88. The second kappa shape index (κ2) is 5.86. The van der Waals surface area contributed by atoms with E-state index < -0.39 is 21.2 Å². The van der Waals surface area contributed by atoms with Crippen molar-refractivity contribution in [3.8, 4) is 11.5 Å². The van der Waals surface area contributed by atoms with Gasteiger partial charge in [0.15, 0.2) is 22.5 Å². The highest BCUT2D eigenvalue weighted by atomic mass is 35.5. The Morgan fingerprint density at radius 1 is 1.17 bits per heavy atom. The number of ether oxygens (including phenoxy) is 1. The average molecular weight is 353 g/mol. The minimum absolute atomic E-state index is 0.0228. The Labute approximate surface area is 138 Å². The van der Waals surface area contributed by atoms with E-state index >= 15 is 0 Å². The van der Waals surface area contributed by atoms with Crippen molar-refractivity contribution in [2.75, 3.05) is 7.11 Å². The molecule has 0 aliphatic carbocycles. The van der Waals surface area contributed by atoms with Crippen LogP contribution in [-0.4, -0.2) is 26.6 Å². The SMILES string of the molecule is COc1cccc2c1OS(=O)(=O)C(Cc1ccc(Cl)cc1)C2=O. The van der Waals surface area contributed by atoms with Crippen LogP contribution in [-0.2, 0) is 16.5 Å². The molecule has 23 heavy (non-hydrogen) atoms. The second-order valence-corrected chi connectivity index (χ2v) is 7.25. The maximum atomic E-state index is 12.6. The number of halogens is 1. The molecule has 7 heteroatoms. The van der Waals surface area contributed by atoms with Gasteiger partial charge in [0.2, 0.25) is 0 Å². The number of benzene rings is 2. The molecular formula is C16H13ClO5S.